The average Bonchev–Trinajstić information content (AvgIpc) is 3.33. The van der Waals surface area contributed by atoms with E-state index in [0.717, 1.165) is 45.2 Å². The minimum atomic E-state index is -1.11. The van der Waals surface area contributed by atoms with E-state index in [9.17, 15) is 5.11 Å². The van der Waals surface area contributed by atoms with Crippen LogP contribution >= 0.6 is 11.3 Å². The molecule has 0 aliphatic carbocycles. The Balaban J connectivity index is 1.58. The molecule has 26 heavy (non-hydrogen) atoms. The molecular weight excluding hydrogens is 348 g/mol. The van der Waals surface area contributed by atoms with Crippen molar-refractivity contribution in [2.45, 2.75) is 26.0 Å². The number of nitrogens with one attached hydrogen (secondary N) is 1. The van der Waals surface area contributed by atoms with Gasteiger partial charge in [0.2, 0.25) is 0 Å². The number of hydrogen-bond donors (Lipinski definition) is 2. The Kier molecular flexibility index (Phi) is 6.34. The Morgan fingerprint density at radius 2 is 2.12 bits per heavy atom. The normalized spacial score (nSPS) is 18.7. The number of furan rings is 1. The molecule has 1 aliphatic heterocycles. The third-order valence-electron chi connectivity index (χ3n) is 4.55. The van der Waals surface area contributed by atoms with Crippen LogP contribution in [0.3, 0.4) is 0 Å². The van der Waals surface area contributed by atoms with Crippen molar-refractivity contribution in [2.24, 2.45) is 4.99 Å². The standard InChI is InChI=1S/C19H28N4O2S/c1-3-20-18(21-15-19(2,24)17-7-4-12-25-17)23-10-8-22(9-11-23)14-16-6-5-13-26-16/h4-7,12-13,24H,3,8-11,14-15H2,1-2H3,(H,20,21). The van der Waals surface area contributed by atoms with Crippen LogP contribution in [0, 0.1) is 0 Å². The summed E-state index contributed by atoms with van der Waals surface area (Å²) in [5, 5.41) is 16.1. The molecule has 0 amide bonds. The van der Waals surface area contributed by atoms with Gasteiger partial charge in [-0.05, 0) is 37.4 Å². The number of rotatable bonds is 6. The molecule has 3 rings (SSSR count). The molecule has 0 spiro atoms. The Bertz CT molecular complexity index is 674. The van der Waals surface area contributed by atoms with Gasteiger partial charge in [-0.2, -0.15) is 0 Å². The number of aliphatic imine (C=N–C) groups is 1. The Labute approximate surface area is 159 Å². The summed E-state index contributed by atoms with van der Waals surface area (Å²) in [6, 6.07) is 7.87. The van der Waals surface area contributed by atoms with Crippen LogP contribution < -0.4 is 5.32 Å². The van der Waals surface area contributed by atoms with E-state index in [1.165, 1.54) is 4.88 Å². The largest absolute Gasteiger partial charge is 0.466 e. The number of hydrogen-bond acceptors (Lipinski definition) is 5. The van der Waals surface area contributed by atoms with E-state index in [0.29, 0.717) is 5.76 Å². The molecule has 2 aromatic heterocycles. The molecule has 1 saturated heterocycles. The molecule has 6 nitrogen and oxygen atoms in total. The van der Waals surface area contributed by atoms with Gasteiger partial charge >= 0.3 is 0 Å². The summed E-state index contributed by atoms with van der Waals surface area (Å²) in [7, 11) is 0. The summed E-state index contributed by atoms with van der Waals surface area (Å²) in [6.45, 7) is 9.76. The highest BCUT2D eigenvalue weighted by Gasteiger charge is 2.27. The van der Waals surface area contributed by atoms with E-state index < -0.39 is 5.60 Å². The van der Waals surface area contributed by atoms with Crippen LogP contribution in [0.25, 0.3) is 0 Å². The number of piperazine rings is 1. The molecule has 2 aromatic rings. The number of guanidine groups is 1. The van der Waals surface area contributed by atoms with E-state index in [1.807, 2.05) is 11.3 Å². The van der Waals surface area contributed by atoms with Gasteiger partial charge < -0.3 is 19.7 Å². The van der Waals surface area contributed by atoms with Crippen molar-refractivity contribution in [1.29, 1.82) is 0 Å². The van der Waals surface area contributed by atoms with Gasteiger partial charge in [-0.15, -0.1) is 11.3 Å². The molecule has 1 unspecified atom stereocenters. The molecule has 1 atom stereocenters. The van der Waals surface area contributed by atoms with Crippen molar-refractivity contribution in [3.05, 3.63) is 46.5 Å². The number of thiophene rings is 1. The highest BCUT2D eigenvalue weighted by atomic mass is 32.1. The smallest absolute Gasteiger partial charge is 0.194 e. The second-order valence-corrected chi connectivity index (χ2v) is 7.80. The number of aliphatic hydroxyl groups is 1. The average molecular weight is 377 g/mol. The second kappa shape index (κ2) is 8.70. The first-order valence-corrected chi connectivity index (χ1v) is 10.0. The van der Waals surface area contributed by atoms with Crippen LogP contribution in [0.2, 0.25) is 0 Å². The van der Waals surface area contributed by atoms with E-state index in [2.05, 4.69) is 44.5 Å². The molecular formula is C19H28N4O2S. The third kappa shape index (κ3) is 4.87. The zero-order valence-corrected chi connectivity index (χ0v) is 16.3. The van der Waals surface area contributed by atoms with Crippen LogP contribution in [0.1, 0.15) is 24.5 Å². The fraction of sp³-hybridized carbons (Fsp3) is 0.526. The van der Waals surface area contributed by atoms with Gasteiger partial charge in [0.1, 0.15) is 11.4 Å². The molecule has 0 bridgehead atoms. The zero-order chi connectivity index (χ0) is 18.4. The minimum Gasteiger partial charge on any atom is -0.466 e. The lowest BCUT2D eigenvalue weighted by Crippen LogP contribution is -2.52. The van der Waals surface area contributed by atoms with Gasteiger partial charge in [0.25, 0.3) is 0 Å². The van der Waals surface area contributed by atoms with Crippen molar-refractivity contribution in [3.63, 3.8) is 0 Å². The fourth-order valence-corrected chi connectivity index (χ4v) is 3.80. The molecule has 1 fully saturated rings. The lowest BCUT2D eigenvalue weighted by molar-refractivity contribution is 0.0433. The van der Waals surface area contributed by atoms with Gasteiger partial charge in [0.05, 0.1) is 12.8 Å². The van der Waals surface area contributed by atoms with Crippen LogP contribution in [-0.4, -0.2) is 60.1 Å². The lowest BCUT2D eigenvalue weighted by atomic mass is 10.0. The maximum absolute atomic E-state index is 10.6. The topological polar surface area (TPSA) is 64.2 Å². The van der Waals surface area contributed by atoms with E-state index in [1.54, 1.807) is 25.3 Å². The first-order chi connectivity index (χ1) is 12.6. The minimum absolute atomic E-state index is 0.262. The van der Waals surface area contributed by atoms with Crippen molar-refractivity contribution < 1.29 is 9.52 Å². The van der Waals surface area contributed by atoms with Gasteiger partial charge in [0.15, 0.2) is 5.96 Å². The first-order valence-electron chi connectivity index (χ1n) is 9.13. The second-order valence-electron chi connectivity index (χ2n) is 6.76. The lowest BCUT2D eigenvalue weighted by Gasteiger charge is -2.36. The molecule has 7 heteroatoms. The van der Waals surface area contributed by atoms with E-state index >= 15 is 0 Å². The summed E-state index contributed by atoms with van der Waals surface area (Å²) in [5.74, 6) is 1.40. The van der Waals surface area contributed by atoms with E-state index in [4.69, 9.17) is 4.42 Å². The molecule has 2 N–H and O–H groups in total. The van der Waals surface area contributed by atoms with Crippen molar-refractivity contribution in [3.8, 4) is 0 Å². The van der Waals surface area contributed by atoms with Crippen LogP contribution in [0.5, 0.6) is 0 Å². The summed E-state index contributed by atoms with van der Waals surface area (Å²) >= 11 is 1.81. The predicted octanol–water partition coefficient (Wildman–Crippen LogP) is 2.33. The van der Waals surface area contributed by atoms with Crippen molar-refractivity contribution >= 4 is 17.3 Å². The van der Waals surface area contributed by atoms with Gasteiger partial charge in [0, 0.05) is 44.1 Å². The summed E-state index contributed by atoms with van der Waals surface area (Å²) in [5.41, 5.74) is -1.11. The summed E-state index contributed by atoms with van der Waals surface area (Å²) in [4.78, 5) is 10.8. The highest BCUT2D eigenvalue weighted by molar-refractivity contribution is 7.09. The van der Waals surface area contributed by atoms with E-state index in [-0.39, 0.29) is 6.54 Å². The van der Waals surface area contributed by atoms with Crippen molar-refractivity contribution in [1.82, 2.24) is 15.1 Å². The predicted molar refractivity (Wildman–Crippen MR) is 105 cm³/mol. The summed E-state index contributed by atoms with van der Waals surface area (Å²) in [6.07, 6.45) is 1.57. The molecule has 1 aliphatic rings. The molecule has 142 valence electrons. The highest BCUT2D eigenvalue weighted by Crippen LogP contribution is 2.21. The fourth-order valence-electron chi connectivity index (χ4n) is 3.06. The quantitative estimate of drug-likeness (QED) is 0.598. The van der Waals surface area contributed by atoms with Crippen LogP contribution in [0.4, 0.5) is 0 Å². The van der Waals surface area contributed by atoms with Crippen molar-refractivity contribution in [2.75, 3.05) is 39.3 Å². The molecule has 0 aromatic carbocycles. The first kappa shape index (κ1) is 18.9. The van der Waals surface area contributed by atoms with Gasteiger partial charge in [-0.1, -0.05) is 6.07 Å². The summed E-state index contributed by atoms with van der Waals surface area (Å²) < 4.78 is 5.34. The molecule has 0 saturated carbocycles. The van der Waals surface area contributed by atoms with Crippen LogP contribution in [0.15, 0.2) is 45.3 Å². The monoisotopic (exact) mass is 376 g/mol. The third-order valence-corrected chi connectivity index (χ3v) is 5.42. The Morgan fingerprint density at radius 1 is 1.31 bits per heavy atom. The maximum atomic E-state index is 10.6. The zero-order valence-electron chi connectivity index (χ0n) is 15.5. The Morgan fingerprint density at radius 3 is 2.73 bits per heavy atom. The molecule has 3 heterocycles. The SMILES string of the molecule is CCNC(=NCC(C)(O)c1ccco1)N1CCN(Cc2cccs2)CC1. The Hall–Kier alpha value is -1.83. The molecule has 0 radical (unpaired) electrons. The van der Waals surface area contributed by atoms with Crippen LogP contribution in [-0.2, 0) is 12.1 Å². The van der Waals surface area contributed by atoms with Gasteiger partial charge in [-0.3, -0.25) is 4.90 Å². The van der Waals surface area contributed by atoms with Gasteiger partial charge in [-0.25, -0.2) is 4.99 Å². The maximum Gasteiger partial charge on any atom is 0.194 e. The number of nitrogens with zero attached hydrogens (tertiary/aromatic N) is 3.